The topological polar surface area (TPSA) is 162 Å². The van der Waals surface area contributed by atoms with Crippen molar-refractivity contribution in [3.05, 3.63) is 0 Å². The zero-order valence-electron chi connectivity index (χ0n) is 21.5. The Morgan fingerprint density at radius 3 is 2.28 bits per heavy atom. The molecule has 11 nitrogen and oxygen atoms in total. The normalized spacial score (nSPS) is 26.5. The van der Waals surface area contributed by atoms with Crippen molar-refractivity contribution in [2.24, 2.45) is 5.92 Å². The van der Waals surface area contributed by atoms with E-state index in [4.69, 9.17) is 0 Å². The Morgan fingerprint density at radius 2 is 1.64 bits per heavy atom. The molecule has 0 saturated carbocycles. The number of aliphatic carboxylic acids is 1. The third-order valence-corrected chi connectivity index (χ3v) is 7.03. The van der Waals surface area contributed by atoms with Gasteiger partial charge in [-0.05, 0) is 44.9 Å². The molecule has 5 atom stereocenters. The molecule has 2 fully saturated rings. The molecule has 2 aliphatic rings. The van der Waals surface area contributed by atoms with E-state index in [-0.39, 0.29) is 24.0 Å². The quantitative estimate of drug-likeness (QED) is 0.319. The molecule has 0 aromatic rings. The molecule has 4 amide bonds. The number of unbranched alkanes of at least 4 members (excludes halogenated alkanes) is 2. The van der Waals surface area contributed by atoms with Crippen LogP contribution in [0.25, 0.3) is 0 Å². The number of carboxylic acids is 1. The van der Waals surface area contributed by atoms with E-state index in [2.05, 4.69) is 16.0 Å². The highest BCUT2D eigenvalue weighted by molar-refractivity contribution is 5.98. The number of ketones is 1. The second-order valence-electron chi connectivity index (χ2n) is 9.94. The van der Waals surface area contributed by atoms with Crippen LogP contribution >= 0.6 is 0 Å². The highest BCUT2D eigenvalue weighted by atomic mass is 16.4. The summed E-state index contributed by atoms with van der Waals surface area (Å²) in [6, 6.07) is -4.09. The van der Waals surface area contributed by atoms with Crippen LogP contribution in [0, 0.1) is 5.92 Å². The van der Waals surface area contributed by atoms with E-state index in [0.717, 1.165) is 12.8 Å². The fraction of sp³-hybridized carbons (Fsp3) is 0.760. The molecule has 2 aliphatic heterocycles. The van der Waals surface area contributed by atoms with E-state index in [1.54, 1.807) is 6.92 Å². The van der Waals surface area contributed by atoms with Crippen molar-refractivity contribution in [2.75, 3.05) is 6.54 Å². The SMILES string of the molecule is CCC(C)[C@@H]1NC(=O)[C@H](CC(=O)O)NC(=O)[C@H](CCCCCC(C)=O)NC(=O)C2CCCCN2C1=O. The number of hydrogen-bond donors (Lipinski definition) is 4. The van der Waals surface area contributed by atoms with Crippen LogP contribution < -0.4 is 16.0 Å². The Kier molecular flexibility index (Phi) is 11.3. The molecule has 202 valence electrons. The van der Waals surface area contributed by atoms with Crippen molar-refractivity contribution in [1.82, 2.24) is 20.9 Å². The number of carbonyl (C=O) groups excluding carboxylic acids is 5. The van der Waals surface area contributed by atoms with E-state index < -0.39 is 54.3 Å². The average Bonchev–Trinajstić information content (AvgIpc) is 2.83. The second kappa shape index (κ2) is 13.9. The molecule has 36 heavy (non-hydrogen) atoms. The maximum absolute atomic E-state index is 13.6. The molecule has 4 N–H and O–H groups in total. The van der Waals surface area contributed by atoms with Gasteiger partial charge in [0.2, 0.25) is 23.6 Å². The number of amides is 4. The molecule has 0 aromatic heterocycles. The summed E-state index contributed by atoms with van der Waals surface area (Å²) in [6.45, 7) is 5.55. The van der Waals surface area contributed by atoms with E-state index >= 15 is 0 Å². The Bertz CT molecular complexity index is 846. The van der Waals surface area contributed by atoms with Crippen molar-refractivity contribution >= 4 is 35.4 Å². The van der Waals surface area contributed by atoms with Gasteiger partial charge in [-0.1, -0.05) is 33.1 Å². The first-order valence-electron chi connectivity index (χ1n) is 13.0. The number of Topliss-reactive ketones (excluding diaryl/α,β-unsaturated/α-hetero) is 1. The molecule has 2 saturated heterocycles. The Morgan fingerprint density at radius 1 is 0.972 bits per heavy atom. The van der Waals surface area contributed by atoms with Crippen molar-refractivity contribution in [2.45, 2.75) is 109 Å². The summed E-state index contributed by atoms with van der Waals surface area (Å²) < 4.78 is 0. The van der Waals surface area contributed by atoms with Crippen LogP contribution in [0.1, 0.15) is 85.0 Å². The number of carbonyl (C=O) groups is 6. The molecule has 11 heteroatoms. The van der Waals surface area contributed by atoms with Gasteiger partial charge >= 0.3 is 5.97 Å². The minimum atomic E-state index is -1.40. The average molecular weight is 509 g/mol. The van der Waals surface area contributed by atoms with Crippen LogP contribution in [0.5, 0.6) is 0 Å². The van der Waals surface area contributed by atoms with Crippen LogP contribution in [-0.2, 0) is 28.8 Å². The zero-order chi connectivity index (χ0) is 26.8. The lowest BCUT2D eigenvalue weighted by Gasteiger charge is -2.39. The van der Waals surface area contributed by atoms with Crippen molar-refractivity contribution < 1.29 is 33.9 Å². The lowest BCUT2D eigenvalue weighted by molar-refractivity contribution is -0.148. The maximum atomic E-state index is 13.6. The standard InChI is InChI=1S/C25H40N4O7/c1-4-15(2)21-25(36)29-13-9-8-12-19(29)24(35)26-17(11-7-5-6-10-16(3)30)22(33)27-18(14-20(31)32)23(34)28-21/h15,17-19,21H,4-14H2,1-3H3,(H,26,35)(H,27,33)(H,28,34)(H,31,32)/t15?,17-,18-,19?,21-/m0/s1. The fourth-order valence-corrected chi connectivity index (χ4v) is 4.68. The highest BCUT2D eigenvalue weighted by Crippen LogP contribution is 2.22. The largest absolute Gasteiger partial charge is 0.481 e. The minimum absolute atomic E-state index is 0.0762. The van der Waals surface area contributed by atoms with Gasteiger partial charge in [0.25, 0.3) is 0 Å². The lowest BCUT2D eigenvalue weighted by atomic mass is 9.93. The molecule has 2 heterocycles. The third-order valence-electron chi connectivity index (χ3n) is 7.03. The smallest absolute Gasteiger partial charge is 0.305 e. The van der Waals surface area contributed by atoms with Gasteiger partial charge in [0, 0.05) is 13.0 Å². The van der Waals surface area contributed by atoms with Gasteiger partial charge in [-0.2, -0.15) is 0 Å². The molecule has 0 aromatic carbocycles. The number of hydrogen-bond acceptors (Lipinski definition) is 6. The maximum Gasteiger partial charge on any atom is 0.305 e. The van der Waals surface area contributed by atoms with Gasteiger partial charge in [-0.3, -0.25) is 24.0 Å². The minimum Gasteiger partial charge on any atom is -0.481 e. The first-order chi connectivity index (χ1) is 17.0. The molecule has 0 aliphatic carbocycles. The summed E-state index contributed by atoms with van der Waals surface area (Å²) in [7, 11) is 0. The molecule has 0 radical (unpaired) electrons. The summed E-state index contributed by atoms with van der Waals surface area (Å²) in [6.07, 6.45) is 4.40. The van der Waals surface area contributed by atoms with Crippen LogP contribution in [0.4, 0.5) is 0 Å². The predicted octanol–water partition coefficient (Wildman–Crippen LogP) is 0.896. The van der Waals surface area contributed by atoms with Gasteiger partial charge in [0.05, 0.1) is 6.42 Å². The lowest BCUT2D eigenvalue weighted by Crippen LogP contribution is -2.64. The van der Waals surface area contributed by atoms with Crippen molar-refractivity contribution in [1.29, 1.82) is 0 Å². The summed E-state index contributed by atoms with van der Waals surface area (Å²) in [4.78, 5) is 77.2. The van der Waals surface area contributed by atoms with E-state index in [9.17, 15) is 33.9 Å². The highest BCUT2D eigenvalue weighted by Gasteiger charge is 2.40. The van der Waals surface area contributed by atoms with Crippen molar-refractivity contribution in [3.8, 4) is 0 Å². The second-order valence-corrected chi connectivity index (χ2v) is 9.94. The van der Waals surface area contributed by atoms with Gasteiger partial charge in [-0.25, -0.2) is 0 Å². The van der Waals surface area contributed by atoms with E-state index in [1.165, 1.54) is 11.8 Å². The number of rotatable bonds is 10. The summed E-state index contributed by atoms with van der Waals surface area (Å²) in [5, 5.41) is 17.3. The van der Waals surface area contributed by atoms with Gasteiger partial charge in [-0.15, -0.1) is 0 Å². The van der Waals surface area contributed by atoms with Crippen LogP contribution in [0.15, 0.2) is 0 Å². The first kappa shape index (κ1) is 29.3. The number of carboxylic acid groups (broad SMARTS) is 1. The molecule has 2 unspecified atom stereocenters. The van der Waals surface area contributed by atoms with Gasteiger partial charge < -0.3 is 30.8 Å². The van der Waals surface area contributed by atoms with Gasteiger partial charge in [0.15, 0.2) is 0 Å². The number of nitrogens with one attached hydrogen (secondary N) is 3. The number of fused-ring (bicyclic) bond motifs is 1. The Labute approximate surface area is 212 Å². The van der Waals surface area contributed by atoms with Crippen LogP contribution in [0.2, 0.25) is 0 Å². The van der Waals surface area contributed by atoms with E-state index in [1.807, 2.05) is 6.92 Å². The molecular weight excluding hydrogens is 468 g/mol. The summed E-state index contributed by atoms with van der Waals surface area (Å²) >= 11 is 0. The summed E-state index contributed by atoms with van der Waals surface area (Å²) in [5.74, 6) is -3.67. The molecular formula is C25H40N4O7. The monoisotopic (exact) mass is 508 g/mol. The summed E-state index contributed by atoms with van der Waals surface area (Å²) in [5.41, 5.74) is 0. The molecule has 2 rings (SSSR count). The van der Waals surface area contributed by atoms with E-state index in [0.29, 0.717) is 45.1 Å². The third kappa shape index (κ3) is 8.30. The van der Waals surface area contributed by atoms with Gasteiger partial charge in [0.1, 0.15) is 30.0 Å². The first-order valence-corrected chi connectivity index (χ1v) is 13.0. The Balaban J connectivity index is 2.35. The Hall–Kier alpha value is -2.98. The molecule has 0 bridgehead atoms. The van der Waals surface area contributed by atoms with Crippen LogP contribution in [-0.4, -0.2) is 76.1 Å². The van der Waals surface area contributed by atoms with Crippen molar-refractivity contribution in [3.63, 3.8) is 0 Å². The van der Waals surface area contributed by atoms with Crippen LogP contribution in [0.3, 0.4) is 0 Å². The molecule has 0 spiro atoms. The number of nitrogens with zero attached hydrogens (tertiary/aromatic N) is 1. The number of piperidine rings is 1. The zero-order valence-corrected chi connectivity index (χ0v) is 21.5. The predicted molar refractivity (Wildman–Crippen MR) is 131 cm³/mol. The fourth-order valence-electron chi connectivity index (χ4n) is 4.68.